The second-order valence-corrected chi connectivity index (χ2v) is 3.59. The van der Waals surface area contributed by atoms with Crippen molar-refractivity contribution in [1.29, 1.82) is 0 Å². The van der Waals surface area contributed by atoms with E-state index in [1.54, 1.807) is 6.20 Å². The third-order valence-corrected chi connectivity index (χ3v) is 2.31. The van der Waals surface area contributed by atoms with Crippen LogP contribution in [0.25, 0.3) is 0 Å². The van der Waals surface area contributed by atoms with Crippen molar-refractivity contribution in [2.75, 3.05) is 6.61 Å². The van der Waals surface area contributed by atoms with Crippen molar-refractivity contribution in [3.63, 3.8) is 0 Å². The van der Waals surface area contributed by atoms with Crippen LogP contribution in [0.3, 0.4) is 0 Å². The highest BCUT2D eigenvalue weighted by molar-refractivity contribution is 5.19. The van der Waals surface area contributed by atoms with E-state index in [2.05, 4.69) is 20.2 Å². The molecule has 0 unspecified atom stereocenters. The number of rotatable bonds is 6. The second kappa shape index (κ2) is 5.95. The lowest BCUT2D eigenvalue weighted by Crippen LogP contribution is -2.03. The van der Waals surface area contributed by atoms with Crippen molar-refractivity contribution in [3.8, 4) is 5.88 Å². The summed E-state index contributed by atoms with van der Waals surface area (Å²) in [5.74, 6) is 1.49. The molecule has 2 heterocycles. The fraction of sp³-hybridized carbons (Fsp3) is 0.364. The average molecular weight is 233 g/mol. The first kappa shape index (κ1) is 11.5. The summed E-state index contributed by atoms with van der Waals surface area (Å²) in [4.78, 5) is 8.14. The molecule has 0 amide bonds. The molecule has 2 aromatic heterocycles. The molecule has 0 aliphatic heterocycles. The van der Waals surface area contributed by atoms with E-state index in [1.165, 1.54) is 6.33 Å². The fourth-order valence-electron chi connectivity index (χ4n) is 1.42. The zero-order valence-electron chi connectivity index (χ0n) is 9.47. The molecule has 0 spiro atoms. The Kier molecular flexibility index (Phi) is 4.04. The van der Waals surface area contributed by atoms with E-state index < -0.39 is 0 Å². The van der Waals surface area contributed by atoms with Crippen molar-refractivity contribution in [3.05, 3.63) is 36.0 Å². The van der Waals surface area contributed by atoms with E-state index in [4.69, 9.17) is 10.5 Å². The van der Waals surface area contributed by atoms with E-state index in [1.807, 2.05) is 12.1 Å². The molecular weight excluding hydrogens is 218 g/mol. The number of ether oxygens (including phenoxy) is 1. The van der Waals surface area contributed by atoms with Gasteiger partial charge in [0.05, 0.1) is 6.61 Å². The van der Waals surface area contributed by atoms with Gasteiger partial charge in [0.15, 0.2) is 0 Å². The Balaban J connectivity index is 1.74. The van der Waals surface area contributed by atoms with Gasteiger partial charge in [-0.3, -0.25) is 5.10 Å². The lowest BCUT2D eigenvalue weighted by molar-refractivity contribution is 0.298. The first-order valence-corrected chi connectivity index (χ1v) is 5.50. The van der Waals surface area contributed by atoms with Crippen molar-refractivity contribution in [2.24, 2.45) is 5.73 Å². The Bertz CT molecular complexity index is 443. The molecule has 90 valence electrons. The minimum Gasteiger partial charge on any atom is -0.478 e. The monoisotopic (exact) mass is 233 g/mol. The van der Waals surface area contributed by atoms with Gasteiger partial charge in [0, 0.05) is 25.2 Å². The predicted octanol–water partition coefficient (Wildman–Crippen LogP) is 0.670. The van der Waals surface area contributed by atoms with Crippen molar-refractivity contribution < 1.29 is 4.74 Å². The van der Waals surface area contributed by atoms with Gasteiger partial charge in [-0.25, -0.2) is 9.97 Å². The number of H-pyrrole nitrogens is 1. The molecule has 3 N–H and O–H groups in total. The minimum atomic E-state index is 0.497. The number of aromatic amines is 1. The summed E-state index contributed by atoms with van der Waals surface area (Å²) >= 11 is 0. The summed E-state index contributed by atoms with van der Waals surface area (Å²) in [6, 6.07) is 3.73. The zero-order valence-corrected chi connectivity index (χ0v) is 9.47. The van der Waals surface area contributed by atoms with Crippen LogP contribution in [0.1, 0.15) is 17.8 Å². The van der Waals surface area contributed by atoms with Crippen LogP contribution < -0.4 is 10.5 Å². The Labute approximate surface area is 99.2 Å². The molecule has 0 aliphatic rings. The molecule has 2 rings (SSSR count). The van der Waals surface area contributed by atoms with Gasteiger partial charge in [0.25, 0.3) is 0 Å². The van der Waals surface area contributed by atoms with E-state index >= 15 is 0 Å². The predicted molar refractivity (Wildman–Crippen MR) is 62.3 cm³/mol. The number of nitrogens with one attached hydrogen (secondary N) is 1. The van der Waals surface area contributed by atoms with Gasteiger partial charge in [0.1, 0.15) is 12.2 Å². The lowest BCUT2D eigenvalue weighted by Gasteiger charge is -2.05. The summed E-state index contributed by atoms with van der Waals surface area (Å²) in [7, 11) is 0. The van der Waals surface area contributed by atoms with Gasteiger partial charge in [-0.2, -0.15) is 5.10 Å². The molecule has 0 saturated carbocycles. The molecule has 17 heavy (non-hydrogen) atoms. The molecule has 0 aromatic carbocycles. The number of hydrogen-bond acceptors (Lipinski definition) is 5. The summed E-state index contributed by atoms with van der Waals surface area (Å²) < 4.78 is 5.52. The molecule has 6 nitrogen and oxygen atoms in total. The van der Waals surface area contributed by atoms with Crippen LogP contribution in [0.2, 0.25) is 0 Å². The standard InChI is InChI=1S/C11H15N5O/c12-7-9-3-4-13-11(6-9)17-5-1-2-10-14-8-15-16-10/h3-4,6,8H,1-2,5,7,12H2,(H,14,15,16). The van der Waals surface area contributed by atoms with Gasteiger partial charge < -0.3 is 10.5 Å². The normalized spacial score (nSPS) is 10.4. The first-order valence-electron chi connectivity index (χ1n) is 5.50. The van der Waals surface area contributed by atoms with E-state index in [0.29, 0.717) is 19.0 Å². The van der Waals surface area contributed by atoms with Crippen LogP contribution in [0, 0.1) is 0 Å². The molecule has 0 bridgehead atoms. The topological polar surface area (TPSA) is 89.7 Å². The van der Waals surface area contributed by atoms with Crippen LogP contribution in [-0.2, 0) is 13.0 Å². The average Bonchev–Trinajstić information content (AvgIpc) is 2.88. The van der Waals surface area contributed by atoms with E-state index in [-0.39, 0.29) is 0 Å². The third kappa shape index (κ3) is 3.53. The summed E-state index contributed by atoms with van der Waals surface area (Å²) in [6.07, 6.45) is 4.89. The quantitative estimate of drug-likeness (QED) is 0.716. The minimum absolute atomic E-state index is 0.497. The molecule has 2 aromatic rings. The molecule has 6 heteroatoms. The maximum Gasteiger partial charge on any atom is 0.213 e. The third-order valence-electron chi connectivity index (χ3n) is 2.31. The van der Waals surface area contributed by atoms with Crippen LogP contribution in [0.15, 0.2) is 24.7 Å². The van der Waals surface area contributed by atoms with Crippen molar-refractivity contribution in [2.45, 2.75) is 19.4 Å². The molecule has 0 fully saturated rings. The lowest BCUT2D eigenvalue weighted by atomic mass is 10.3. The number of pyridine rings is 1. The number of aromatic nitrogens is 4. The Morgan fingerprint density at radius 2 is 2.29 bits per heavy atom. The van der Waals surface area contributed by atoms with Gasteiger partial charge >= 0.3 is 0 Å². The highest BCUT2D eigenvalue weighted by Gasteiger charge is 1.99. The van der Waals surface area contributed by atoms with Gasteiger partial charge in [-0.1, -0.05) is 0 Å². The highest BCUT2D eigenvalue weighted by atomic mass is 16.5. The summed E-state index contributed by atoms with van der Waals surface area (Å²) in [5, 5.41) is 6.58. The molecule has 0 aliphatic carbocycles. The van der Waals surface area contributed by atoms with Crippen LogP contribution in [0.5, 0.6) is 5.88 Å². The fourth-order valence-corrected chi connectivity index (χ4v) is 1.42. The van der Waals surface area contributed by atoms with Crippen LogP contribution in [-0.4, -0.2) is 26.8 Å². The summed E-state index contributed by atoms with van der Waals surface area (Å²) in [6.45, 7) is 1.10. The maximum absolute atomic E-state index is 5.54. The summed E-state index contributed by atoms with van der Waals surface area (Å²) in [5.41, 5.74) is 6.55. The zero-order chi connectivity index (χ0) is 11.9. The highest BCUT2D eigenvalue weighted by Crippen LogP contribution is 2.09. The van der Waals surface area contributed by atoms with E-state index in [9.17, 15) is 0 Å². The van der Waals surface area contributed by atoms with Gasteiger partial charge in [-0.15, -0.1) is 0 Å². The van der Waals surface area contributed by atoms with Gasteiger partial charge in [-0.05, 0) is 18.1 Å². The smallest absolute Gasteiger partial charge is 0.213 e. The molecule has 0 radical (unpaired) electrons. The molecule has 0 saturated heterocycles. The maximum atomic E-state index is 5.54. The van der Waals surface area contributed by atoms with Crippen LogP contribution >= 0.6 is 0 Å². The SMILES string of the molecule is NCc1ccnc(OCCCc2ncn[nH]2)c1. The number of aryl methyl sites for hydroxylation is 1. The second-order valence-electron chi connectivity index (χ2n) is 3.59. The number of nitrogens with two attached hydrogens (primary N) is 1. The Hall–Kier alpha value is -1.95. The van der Waals surface area contributed by atoms with Crippen molar-refractivity contribution in [1.82, 2.24) is 20.2 Å². The number of hydrogen-bond donors (Lipinski definition) is 2. The largest absolute Gasteiger partial charge is 0.478 e. The van der Waals surface area contributed by atoms with Crippen molar-refractivity contribution >= 4 is 0 Å². The van der Waals surface area contributed by atoms with Gasteiger partial charge in [0.2, 0.25) is 5.88 Å². The number of nitrogens with zero attached hydrogens (tertiary/aromatic N) is 3. The van der Waals surface area contributed by atoms with Crippen LogP contribution in [0.4, 0.5) is 0 Å². The first-order chi connectivity index (χ1) is 8.38. The Morgan fingerprint density at radius 1 is 1.35 bits per heavy atom. The molecular formula is C11H15N5O. The molecule has 0 atom stereocenters. The van der Waals surface area contributed by atoms with E-state index in [0.717, 1.165) is 24.2 Å². The Morgan fingerprint density at radius 3 is 3.06 bits per heavy atom.